The summed E-state index contributed by atoms with van der Waals surface area (Å²) in [4.78, 5) is 71.8. The minimum atomic E-state index is -1.30. The van der Waals surface area contributed by atoms with Gasteiger partial charge in [-0.3, -0.25) is 29.8 Å². The lowest BCUT2D eigenvalue weighted by molar-refractivity contribution is -0.142. The molecule has 4 amide bonds. The van der Waals surface area contributed by atoms with E-state index in [0.717, 1.165) is 51.4 Å². The number of nitrogens with two attached hydrogens (primary N) is 1. The second-order valence-corrected chi connectivity index (χ2v) is 15.9. The van der Waals surface area contributed by atoms with Gasteiger partial charge in [0.1, 0.15) is 25.0 Å². The zero-order valence-corrected chi connectivity index (χ0v) is 38.7. The molecule has 0 heterocycles. The standard InChI is InChI=1S/C44H84N6O14/c1-60-36-44(59,50-45)23-15-16-24-46-41(55)34-63-32-31-62-29-26-48-42(56)35-64-33-30-61-28-25-47-39(53)22-21-38(43(57)58)49-40(54)20-13-11-9-7-5-3-2-4-6-8-10-12-18-37(52)19-14-17-27-51/h38,50-51,59H,2-36,45H2,1H3,(H,46,55)(H,47,53)(H,48,56)(H,49,54)(H,57,58)/t38-,44+/m0/s1. The molecule has 374 valence electrons. The molecular weight excluding hydrogens is 837 g/mol. The summed E-state index contributed by atoms with van der Waals surface area (Å²) >= 11 is 0. The molecule has 0 bridgehead atoms. The third-order valence-electron chi connectivity index (χ3n) is 10.1. The highest BCUT2D eigenvalue weighted by molar-refractivity contribution is 5.84. The van der Waals surface area contributed by atoms with Gasteiger partial charge in [-0.2, -0.15) is 0 Å². The molecule has 0 aromatic rings. The molecule has 0 unspecified atom stereocenters. The number of carbonyl (C=O) groups excluding carboxylic acids is 5. The first-order valence-corrected chi connectivity index (χ1v) is 23.4. The molecule has 0 spiro atoms. The monoisotopic (exact) mass is 921 g/mol. The first-order valence-electron chi connectivity index (χ1n) is 23.4. The van der Waals surface area contributed by atoms with E-state index in [-0.39, 0.29) is 122 Å². The van der Waals surface area contributed by atoms with Crippen molar-refractivity contribution in [2.24, 2.45) is 5.84 Å². The zero-order chi connectivity index (χ0) is 47.4. The van der Waals surface area contributed by atoms with Gasteiger partial charge in [0.05, 0.1) is 46.2 Å². The van der Waals surface area contributed by atoms with Crippen LogP contribution in [0.25, 0.3) is 0 Å². The lowest BCUT2D eigenvalue weighted by atomic mass is 10.0. The number of hydrogen-bond donors (Lipinski definition) is 9. The minimum Gasteiger partial charge on any atom is -0.480 e. The molecule has 0 aliphatic rings. The fourth-order valence-corrected chi connectivity index (χ4v) is 6.41. The highest BCUT2D eigenvalue weighted by atomic mass is 16.5. The summed E-state index contributed by atoms with van der Waals surface area (Å²) in [6.45, 7) is 2.09. The van der Waals surface area contributed by atoms with E-state index in [2.05, 4.69) is 26.7 Å². The Balaban J connectivity index is 3.67. The van der Waals surface area contributed by atoms with Gasteiger partial charge in [0.25, 0.3) is 0 Å². The molecule has 20 nitrogen and oxygen atoms in total. The number of unbranched alkanes of at least 4 members (excludes halogenated alkanes) is 13. The van der Waals surface area contributed by atoms with Crippen LogP contribution in [0.1, 0.15) is 141 Å². The number of aliphatic carboxylic acids is 1. The first kappa shape index (κ1) is 60.7. The maximum absolute atomic E-state index is 12.4. The summed E-state index contributed by atoms with van der Waals surface area (Å²) in [5.41, 5.74) is 1.03. The van der Waals surface area contributed by atoms with Crippen molar-refractivity contribution in [1.82, 2.24) is 26.7 Å². The molecule has 0 rings (SSSR count). The topological polar surface area (TPSA) is 295 Å². The van der Waals surface area contributed by atoms with E-state index in [1.54, 1.807) is 0 Å². The number of hydrazine groups is 1. The smallest absolute Gasteiger partial charge is 0.326 e. The van der Waals surface area contributed by atoms with Crippen LogP contribution < -0.4 is 32.5 Å². The lowest BCUT2D eigenvalue weighted by Gasteiger charge is -2.26. The largest absolute Gasteiger partial charge is 0.480 e. The van der Waals surface area contributed by atoms with Crippen LogP contribution >= 0.6 is 0 Å². The molecule has 0 aliphatic carbocycles. The van der Waals surface area contributed by atoms with Gasteiger partial charge in [0.15, 0.2) is 5.72 Å². The number of ether oxygens (including phenoxy) is 5. The van der Waals surface area contributed by atoms with E-state index in [9.17, 15) is 39.0 Å². The Bertz CT molecular complexity index is 1220. The number of hydrogen-bond acceptors (Lipinski definition) is 15. The Morgan fingerprint density at radius 3 is 1.52 bits per heavy atom. The van der Waals surface area contributed by atoms with Gasteiger partial charge in [-0.15, -0.1) is 0 Å². The van der Waals surface area contributed by atoms with Crippen LogP contribution in [0, 0.1) is 0 Å². The van der Waals surface area contributed by atoms with Crippen LogP contribution in [0.2, 0.25) is 0 Å². The molecule has 0 radical (unpaired) electrons. The van der Waals surface area contributed by atoms with Crippen LogP contribution in [0.4, 0.5) is 0 Å². The van der Waals surface area contributed by atoms with Crippen LogP contribution in [0.15, 0.2) is 0 Å². The van der Waals surface area contributed by atoms with E-state index in [1.165, 1.54) is 32.8 Å². The molecular formula is C44H84N6O14. The lowest BCUT2D eigenvalue weighted by Crippen LogP contribution is -2.52. The molecule has 0 aliphatic heterocycles. The van der Waals surface area contributed by atoms with Crippen LogP contribution in [0.3, 0.4) is 0 Å². The number of carboxylic acid groups (broad SMARTS) is 1. The van der Waals surface area contributed by atoms with Gasteiger partial charge >= 0.3 is 5.97 Å². The second-order valence-electron chi connectivity index (χ2n) is 15.9. The molecule has 0 saturated carbocycles. The number of Topliss-reactive ketones (excluding diaryl/α,β-unsaturated/α-hetero) is 1. The summed E-state index contributed by atoms with van der Waals surface area (Å²) in [7, 11) is 1.47. The summed E-state index contributed by atoms with van der Waals surface area (Å²) in [6, 6.07) is -1.15. The van der Waals surface area contributed by atoms with E-state index in [1.807, 2.05) is 0 Å². The van der Waals surface area contributed by atoms with E-state index in [0.29, 0.717) is 57.3 Å². The van der Waals surface area contributed by atoms with Crippen molar-refractivity contribution < 1.29 is 67.8 Å². The number of carbonyl (C=O) groups is 6. The number of methoxy groups -OCH3 is 1. The molecule has 64 heavy (non-hydrogen) atoms. The van der Waals surface area contributed by atoms with Crippen molar-refractivity contribution in [3.05, 3.63) is 0 Å². The summed E-state index contributed by atoms with van der Waals surface area (Å²) in [5.74, 6) is 3.18. The van der Waals surface area contributed by atoms with Gasteiger partial charge in [-0.25, -0.2) is 10.2 Å². The van der Waals surface area contributed by atoms with Crippen LogP contribution in [0.5, 0.6) is 0 Å². The van der Waals surface area contributed by atoms with Crippen LogP contribution in [-0.4, -0.2) is 155 Å². The maximum atomic E-state index is 12.4. The number of aliphatic hydroxyl groups is 2. The maximum Gasteiger partial charge on any atom is 0.326 e. The number of aliphatic hydroxyl groups excluding tert-OH is 1. The normalized spacial score (nSPS) is 12.6. The number of ketones is 1. The highest BCUT2D eigenvalue weighted by Crippen LogP contribution is 2.14. The minimum absolute atomic E-state index is 0.0303. The Kier molecular flexibility index (Phi) is 41.3. The predicted octanol–water partition coefficient (Wildman–Crippen LogP) is 1.91. The average molecular weight is 921 g/mol. The molecule has 0 saturated heterocycles. The number of amides is 4. The summed E-state index contributed by atoms with van der Waals surface area (Å²) in [5, 5.41) is 39.0. The fourth-order valence-electron chi connectivity index (χ4n) is 6.41. The van der Waals surface area contributed by atoms with Gasteiger partial charge in [0.2, 0.25) is 23.6 Å². The number of rotatable bonds is 48. The van der Waals surface area contributed by atoms with Crippen molar-refractivity contribution in [2.45, 2.75) is 153 Å². The van der Waals surface area contributed by atoms with E-state index >= 15 is 0 Å². The Hall–Kier alpha value is -3.34. The average Bonchev–Trinajstić information content (AvgIpc) is 3.26. The predicted molar refractivity (Wildman–Crippen MR) is 240 cm³/mol. The highest BCUT2D eigenvalue weighted by Gasteiger charge is 2.24. The summed E-state index contributed by atoms with van der Waals surface area (Å²) in [6.07, 6.45) is 17.4. The summed E-state index contributed by atoms with van der Waals surface area (Å²) < 4.78 is 26.3. The van der Waals surface area contributed by atoms with Crippen molar-refractivity contribution in [3.8, 4) is 0 Å². The second kappa shape index (κ2) is 43.5. The third-order valence-corrected chi connectivity index (χ3v) is 10.1. The first-order chi connectivity index (χ1) is 31.0. The molecule has 0 aromatic heterocycles. The van der Waals surface area contributed by atoms with Crippen LogP contribution in [-0.2, 0) is 52.5 Å². The molecule has 2 atom stereocenters. The number of nitrogens with one attached hydrogen (secondary N) is 5. The molecule has 0 aromatic carbocycles. The molecule has 20 heteroatoms. The van der Waals surface area contributed by atoms with Crippen molar-refractivity contribution in [2.75, 3.05) is 92.8 Å². The van der Waals surface area contributed by atoms with Crippen molar-refractivity contribution in [1.29, 1.82) is 0 Å². The van der Waals surface area contributed by atoms with E-state index in [4.69, 9.17) is 34.6 Å². The van der Waals surface area contributed by atoms with Crippen molar-refractivity contribution >= 4 is 35.4 Å². The zero-order valence-electron chi connectivity index (χ0n) is 38.7. The Morgan fingerprint density at radius 1 is 0.547 bits per heavy atom. The van der Waals surface area contributed by atoms with E-state index < -0.39 is 17.7 Å². The third kappa shape index (κ3) is 40.2. The van der Waals surface area contributed by atoms with Gasteiger partial charge in [-0.1, -0.05) is 64.2 Å². The van der Waals surface area contributed by atoms with Gasteiger partial charge in [0, 0.05) is 59.0 Å². The molecule has 0 fully saturated rings. The quantitative estimate of drug-likeness (QED) is 0.0182. The number of carboxylic acids is 1. The Labute approximate surface area is 380 Å². The molecule has 10 N–H and O–H groups in total. The van der Waals surface area contributed by atoms with Gasteiger partial charge in [-0.05, 0) is 51.4 Å². The fraction of sp³-hybridized carbons (Fsp3) is 0.864. The van der Waals surface area contributed by atoms with Crippen molar-refractivity contribution in [3.63, 3.8) is 0 Å². The Morgan fingerprint density at radius 2 is 1.02 bits per heavy atom. The SMILES string of the molecule is COC[C@](O)(CCCCNC(=O)COCCOCCNC(=O)COCCOCCNC(=O)CC[C@H](NC(=O)CCCCCCCCCCCCCCC(=O)CCCCO)C(=O)O)NN. The van der Waals surface area contributed by atoms with Gasteiger partial charge < -0.3 is 60.3 Å².